The van der Waals surface area contributed by atoms with Crippen molar-refractivity contribution in [1.29, 1.82) is 0 Å². The van der Waals surface area contributed by atoms with Gasteiger partial charge in [-0.1, -0.05) is 44.2 Å². The summed E-state index contributed by atoms with van der Waals surface area (Å²) in [6, 6.07) is 9.17. The van der Waals surface area contributed by atoms with Crippen molar-refractivity contribution in [2.45, 2.75) is 38.9 Å². The molecule has 25 heavy (non-hydrogen) atoms. The smallest absolute Gasteiger partial charge is 0.404 e. The van der Waals surface area contributed by atoms with Gasteiger partial charge in [-0.05, 0) is 17.9 Å². The highest BCUT2D eigenvalue weighted by Crippen LogP contribution is 2.14. The molecule has 7 nitrogen and oxygen atoms in total. The Labute approximate surface area is 149 Å². The highest BCUT2D eigenvalue weighted by atomic mass is 32.2. The van der Waals surface area contributed by atoms with Crippen LogP contribution in [0.5, 0.6) is 0 Å². The van der Waals surface area contributed by atoms with Crippen molar-refractivity contribution in [2.24, 2.45) is 11.7 Å². The molecule has 3 N–H and O–H groups in total. The Bertz CT molecular complexity index is 634. The molecule has 2 atom stereocenters. The molecule has 0 heterocycles. The zero-order valence-corrected chi connectivity index (χ0v) is 15.8. The van der Waals surface area contributed by atoms with Crippen molar-refractivity contribution < 1.29 is 23.1 Å². The van der Waals surface area contributed by atoms with Crippen LogP contribution in [0.4, 0.5) is 4.79 Å². The van der Waals surface area contributed by atoms with Gasteiger partial charge in [-0.3, -0.25) is 0 Å². The number of aliphatic hydroxyl groups is 1. The Morgan fingerprint density at radius 1 is 1.28 bits per heavy atom. The van der Waals surface area contributed by atoms with Crippen LogP contribution in [0.3, 0.4) is 0 Å². The van der Waals surface area contributed by atoms with Crippen LogP contribution in [-0.4, -0.2) is 55.5 Å². The normalized spacial score (nSPS) is 14.5. The van der Waals surface area contributed by atoms with E-state index in [4.69, 9.17) is 10.5 Å². The largest absolute Gasteiger partial charge is 0.443 e. The highest BCUT2D eigenvalue weighted by Gasteiger charge is 2.28. The monoisotopic (exact) mass is 372 g/mol. The Kier molecular flexibility index (Phi) is 8.34. The molecular weight excluding hydrogens is 344 g/mol. The number of aliphatic hydroxyl groups excluding tert-OH is 1. The average molecular weight is 372 g/mol. The van der Waals surface area contributed by atoms with Crippen molar-refractivity contribution in [3.8, 4) is 0 Å². The molecule has 0 spiro atoms. The van der Waals surface area contributed by atoms with E-state index in [0.717, 1.165) is 11.8 Å². The minimum atomic E-state index is -3.49. The third-order valence-corrected chi connectivity index (χ3v) is 5.06. The topological polar surface area (TPSA) is 110 Å². The van der Waals surface area contributed by atoms with Crippen LogP contribution in [0.1, 0.15) is 25.8 Å². The molecule has 0 saturated carbocycles. The third kappa shape index (κ3) is 8.33. The van der Waals surface area contributed by atoms with E-state index >= 15 is 0 Å². The zero-order valence-electron chi connectivity index (χ0n) is 15.0. The number of nitrogens with two attached hydrogens (primary N) is 1. The van der Waals surface area contributed by atoms with Gasteiger partial charge in [0, 0.05) is 19.5 Å². The number of sulfonamides is 1. The van der Waals surface area contributed by atoms with Crippen LogP contribution in [0.25, 0.3) is 0 Å². The van der Waals surface area contributed by atoms with Crippen molar-refractivity contribution in [2.75, 3.05) is 19.3 Å². The van der Waals surface area contributed by atoms with Gasteiger partial charge in [0.25, 0.3) is 0 Å². The second-order valence-electron chi connectivity index (χ2n) is 6.54. The van der Waals surface area contributed by atoms with Crippen molar-refractivity contribution in [1.82, 2.24) is 4.31 Å². The first-order valence-electron chi connectivity index (χ1n) is 8.22. The zero-order chi connectivity index (χ0) is 19.0. The first kappa shape index (κ1) is 21.4. The number of amides is 1. The fraction of sp³-hybridized carbons (Fsp3) is 0.588. The quantitative estimate of drug-likeness (QED) is 0.644. The van der Waals surface area contributed by atoms with Gasteiger partial charge in [-0.2, -0.15) is 4.31 Å². The van der Waals surface area contributed by atoms with Crippen LogP contribution >= 0.6 is 0 Å². The van der Waals surface area contributed by atoms with Gasteiger partial charge in [0.1, 0.15) is 12.2 Å². The SMILES string of the molecule is CC(C)CCN(C[C@@H](O)[C@H](Cc1ccccc1)OC(N)=O)S(C)(=O)=O. The van der Waals surface area contributed by atoms with Crippen LogP contribution in [0.2, 0.25) is 0 Å². The van der Waals surface area contributed by atoms with Crippen molar-refractivity contribution in [3.63, 3.8) is 0 Å². The molecule has 1 aromatic rings. The summed E-state index contributed by atoms with van der Waals surface area (Å²) < 4.78 is 30.2. The number of carbonyl (C=O) groups is 1. The summed E-state index contributed by atoms with van der Waals surface area (Å²) >= 11 is 0. The summed E-state index contributed by atoms with van der Waals surface area (Å²) in [4.78, 5) is 11.2. The minimum Gasteiger partial charge on any atom is -0.443 e. The van der Waals surface area contributed by atoms with Crippen LogP contribution in [0.15, 0.2) is 30.3 Å². The Balaban J connectivity index is 2.86. The van der Waals surface area contributed by atoms with Crippen molar-refractivity contribution in [3.05, 3.63) is 35.9 Å². The molecule has 0 bridgehead atoms. The van der Waals surface area contributed by atoms with Crippen LogP contribution < -0.4 is 5.73 Å². The average Bonchev–Trinajstić information content (AvgIpc) is 2.49. The molecular formula is C17H28N2O5S. The Hall–Kier alpha value is -1.64. The summed E-state index contributed by atoms with van der Waals surface area (Å²) in [5.74, 6) is 0.323. The van der Waals surface area contributed by atoms with E-state index in [1.165, 1.54) is 4.31 Å². The first-order chi connectivity index (χ1) is 11.6. The van der Waals surface area contributed by atoms with E-state index in [0.29, 0.717) is 18.9 Å². The first-order valence-corrected chi connectivity index (χ1v) is 10.1. The predicted octanol–water partition coefficient (Wildman–Crippen LogP) is 1.36. The van der Waals surface area contributed by atoms with Gasteiger partial charge in [-0.15, -0.1) is 0 Å². The standard InChI is InChI=1S/C17H28N2O5S/c1-13(2)9-10-19(25(3,22)23)12-15(20)16(24-17(18)21)11-14-7-5-4-6-8-14/h4-8,13,15-16,20H,9-12H2,1-3H3,(H2,18,21)/t15-,16+/m1/s1. The molecule has 1 amide bonds. The van der Waals surface area contributed by atoms with E-state index in [1.807, 2.05) is 44.2 Å². The molecule has 0 aromatic heterocycles. The Morgan fingerprint density at radius 3 is 2.36 bits per heavy atom. The van der Waals surface area contributed by atoms with Crippen LogP contribution in [0, 0.1) is 5.92 Å². The molecule has 0 radical (unpaired) electrons. The number of primary amides is 1. The molecule has 0 aliphatic rings. The van der Waals surface area contributed by atoms with Gasteiger partial charge in [0.05, 0.1) is 6.26 Å². The molecule has 0 aliphatic carbocycles. The molecule has 1 rings (SSSR count). The molecule has 142 valence electrons. The molecule has 0 fully saturated rings. The summed E-state index contributed by atoms with van der Waals surface area (Å²) in [5.41, 5.74) is 5.94. The fourth-order valence-corrected chi connectivity index (χ4v) is 3.23. The van der Waals surface area contributed by atoms with Gasteiger partial charge in [0.2, 0.25) is 10.0 Å². The maximum atomic E-state index is 12.0. The van der Waals surface area contributed by atoms with E-state index in [9.17, 15) is 18.3 Å². The van der Waals surface area contributed by atoms with Crippen LogP contribution in [-0.2, 0) is 21.2 Å². The number of hydrogen-bond donors (Lipinski definition) is 2. The second kappa shape index (κ2) is 9.74. The lowest BCUT2D eigenvalue weighted by atomic mass is 10.0. The number of hydrogen-bond acceptors (Lipinski definition) is 5. The number of carbonyl (C=O) groups excluding carboxylic acids is 1. The highest BCUT2D eigenvalue weighted by molar-refractivity contribution is 7.88. The predicted molar refractivity (Wildman–Crippen MR) is 96.5 cm³/mol. The number of nitrogens with zero attached hydrogens (tertiary/aromatic N) is 1. The van der Waals surface area contributed by atoms with Gasteiger partial charge < -0.3 is 15.6 Å². The maximum Gasteiger partial charge on any atom is 0.404 e. The lowest BCUT2D eigenvalue weighted by Gasteiger charge is -2.28. The third-order valence-electron chi connectivity index (χ3n) is 3.79. The molecule has 1 aromatic carbocycles. The Morgan fingerprint density at radius 2 is 1.88 bits per heavy atom. The molecule has 0 unspecified atom stereocenters. The summed E-state index contributed by atoms with van der Waals surface area (Å²) in [6.45, 7) is 4.12. The van der Waals surface area contributed by atoms with Gasteiger partial charge in [0.15, 0.2) is 0 Å². The minimum absolute atomic E-state index is 0.156. The second-order valence-corrected chi connectivity index (χ2v) is 8.52. The summed E-state index contributed by atoms with van der Waals surface area (Å²) in [6.07, 6.45) is -1.11. The van der Waals surface area contributed by atoms with Gasteiger partial charge in [-0.25, -0.2) is 13.2 Å². The van der Waals surface area contributed by atoms with E-state index in [2.05, 4.69) is 0 Å². The number of ether oxygens (including phenoxy) is 1. The fourth-order valence-electron chi connectivity index (χ4n) is 2.37. The number of benzene rings is 1. The summed E-state index contributed by atoms with van der Waals surface area (Å²) in [7, 11) is -3.49. The van der Waals surface area contributed by atoms with E-state index < -0.39 is 28.3 Å². The molecule has 0 saturated heterocycles. The van der Waals surface area contributed by atoms with E-state index in [1.54, 1.807) is 0 Å². The van der Waals surface area contributed by atoms with Gasteiger partial charge >= 0.3 is 6.09 Å². The summed E-state index contributed by atoms with van der Waals surface area (Å²) in [5, 5.41) is 10.5. The number of rotatable bonds is 10. The van der Waals surface area contributed by atoms with Crippen molar-refractivity contribution >= 4 is 16.1 Å². The molecule has 0 aliphatic heterocycles. The lowest BCUT2D eigenvalue weighted by Crippen LogP contribution is -2.45. The molecule has 8 heteroatoms. The lowest BCUT2D eigenvalue weighted by molar-refractivity contribution is -0.00132. The van der Waals surface area contributed by atoms with E-state index in [-0.39, 0.29) is 13.0 Å². The maximum absolute atomic E-state index is 12.0.